The van der Waals surface area contributed by atoms with Gasteiger partial charge in [0.25, 0.3) is 0 Å². The summed E-state index contributed by atoms with van der Waals surface area (Å²) in [6, 6.07) is 0. The summed E-state index contributed by atoms with van der Waals surface area (Å²) in [5, 5.41) is 0. The lowest BCUT2D eigenvalue weighted by atomic mass is 9.67. The molecule has 0 spiro atoms. The molecule has 0 N–H and O–H groups in total. The third kappa shape index (κ3) is 7.67. The quantitative estimate of drug-likeness (QED) is 0.258. The van der Waals surface area contributed by atoms with Crippen molar-refractivity contribution in [2.45, 2.75) is 80.0 Å². The Hall–Kier alpha value is -1.24. The maximum absolute atomic E-state index is 4.43. The van der Waals surface area contributed by atoms with Crippen LogP contribution in [0.4, 0.5) is 0 Å². The van der Waals surface area contributed by atoms with E-state index in [-0.39, 0.29) is 0 Å². The van der Waals surface area contributed by atoms with E-state index in [4.69, 9.17) is 0 Å². The monoisotopic (exact) mass is 338 g/mol. The molecule has 25 heavy (non-hydrogen) atoms. The number of rotatable bonds is 7. The van der Waals surface area contributed by atoms with E-state index in [1.807, 2.05) is 0 Å². The molecule has 0 saturated carbocycles. The molecule has 0 bridgehead atoms. The van der Waals surface area contributed by atoms with Gasteiger partial charge in [0.15, 0.2) is 7.28 Å². The Morgan fingerprint density at radius 2 is 2.04 bits per heavy atom. The van der Waals surface area contributed by atoms with Crippen molar-refractivity contribution in [2.75, 3.05) is 0 Å². The van der Waals surface area contributed by atoms with Gasteiger partial charge >= 0.3 is 0 Å². The van der Waals surface area contributed by atoms with Gasteiger partial charge in [-0.05, 0) is 57.3 Å². The van der Waals surface area contributed by atoms with Crippen LogP contribution in [0.2, 0.25) is 6.32 Å². The van der Waals surface area contributed by atoms with Crippen LogP contribution in [0.15, 0.2) is 59.2 Å². The van der Waals surface area contributed by atoms with Gasteiger partial charge < -0.3 is 0 Å². The molecule has 0 aromatic rings. The summed E-state index contributed by atoms with van der Waals surface area (Å²) < 4.78 is 0. The second kappa shape index (κ2) is 10.7. The van der Waals surface area contributed by atoms with E-state index in [1.54, 1.807) is 5.57 Å². The highest BCUT2D eigenvalue weighted by Crippen LogP contribution is 2.38. The first kappa shape index (κ1) is 21.8. The van der Waals surface area contributed by atoms with E-state index in [0.29, 0.717) is 11.3 Å². The predicted octanol–water partition coefficient (Wildman–Crippen LogP) is 7.38. The minimum Gasteiger partial charge on any atom is -0.119 e. The SMILES string of the molecule is C=C(C/C(C)=C(C)\C=C/CC)C(C)C/C1=C/BC/C=C\CCC1(C)C. The zero-order valence-corrected chi connectivity index (χ0v) is 17.6. The summed E-state index contributed by atoms with van der Waals surface area (Å²) in [4.78, 5) is 0. The van der Waals surface area contributed by atoms with Crippen molar-refractivity contribution in [3.8, 4) is 0 Å². The summed E-state index contributed by atoms with van der Waals surface area (Å²) in [6.07, 6.45) is 16.1. The van der Waals surface area contributed by atoms with Gasteiger partial charge in [0, 0.05) is 0 Å². The third-order valence-corrected chi connectivity index (χ3v) is 5.69. The Morgan fingerprint density at radius 1 is 1.32 bits per heavy atom. The Bertz CT molecular complexity index is 555. The molecule has 0 aliphatic carbocycles. The van der Waals surface area contributed by atoms with Crippen molar-refractivity contribution in [3.05, 3.63) is 59.2 Å². The van der Waals surface area contributed by atoms with E-state index in [9.17, 15) is 0 Å². The standard InChI is InChI=1S/C24H39B/c1-8-9-13-19(2)20(3)16-21(4)22(5)17-23-18-25-15-12-10-11-14-24(23,6)7/h9-10,12-13,18,22,25H,4,8,11,14-17H2,1-3,5-7H3/b12-10-,13-9-,20-19-,23-18-. The van der Waals surface area contributed by atoms with Gasteiger partial charge in [-0.25, -0.2) is 0 Å². The smallest absolute Gasteiger partial charge is 0.119 e. The summed E-state index contributed by atoms with van der Waals surface area (Å²) in [6.45, 7) is 18.3. The fourth-order valence-corrected chi connectivity index (χ4v) is 3.40. The van der Waals surface area contributed by atoms with E-state index in [2.05, 4.69) is 78.4 Å². The molecule has 1 aliphatic rings. The van der Waals surface area contributed by atoms with Crippen molar-refractivity contribution in [1.82, 2.24) is 0 Å². The van der Waals surface area contributed by atoms with Crippen molar-refractivity contribution in [1.29, 1.82) is 0 Å². The van der Waals surface area contributed by atoms with Crippen molar-refractivity contribution in [2.24, 2.45) is 11.3 Å². The molecule has 1 unspecified atom stereocenters. The van der Waals surface area contributed by atoms with Gasteiger partial charge in [0.05, 0.1) is 0 Å². The number of allylic oxidation sites excluding steroid dienone is 8. The second-order valence-corrected chi connectivity index (χ2v) is 8.41. The lowest BCUT2D eigenvalue weighted by molar-refractivity contribution is 0.386. The second-order valence-electron chi connectivity index (χ2n) is 8.41. The molecule has 0 fully saturated rings. The highest BCUT2D eigenvalue weighted by molar-refractivity contribution is 6.42. The van der Waals surface area contributed by atoms with Crippen LogP contribution in [0.25, 0.3) is 0 Å². The molecule has 138 valence electrons. The molecule has 0 radical (unpaired) electrons. The van der Waals surface area contributed by atoms with Gasteiger partial charge in [0.1, 0.15) is 0 Å². The van der Waals surface area contributed by atoms with E-state index < -0.39 is 0 Å². The lowest BCUT2D eigenvalue weighted by Gasteiger charge is -2.31. The molecule has 1 atom stereocenters. The fourth-order valence-electron chi connectivity index (χ4n) is 3.40. The largest absolute Gasteiger partial charge is 0.151 e. The minimum atomic E-state index is 0.299. The van der Waals surface area contributed by atoms with Gasteiger partial charge in [-0.15, -0.1) is 5.98 Å². The molecular weight excluding hydrogens is 299 g/mol. The zero-order valence-electron chi connectivity index (χ0n) is 17.6. The predicted molar refractivity (Wildman–Crippen MR) is 118 cm³/mol. The van der Waals surface area contributed by atoms with Gasteiger partial charge in [-0.1, -0.05) is 87.2 Å². The van der Waals surface area contributed by atoms with Crippen LogP contribution < -0.4 is 0 Å². The number of hydrogen-bond acceptors (Lipinski definition) is 0. The average molecular weight is 338 g/mol. The summed E-state index contributed by atoms with van der Waals surface area (Å²) in [5.74, 6) is 3.05. The Morgan fingerprint density at radius 3 is 2.72 bits per heavy atom. The fraction of sp³-hybridized carbons (Fsp3) is 0.583. The molecule has 1 rings (SSSR count). The normalized spacial score (nSPS) is 23.4. The highest BCUT2D eigenvalue weighted by Gasteiger charge is 2.24. The topological polar surface area (TPSA) is 0 Å². The molecule has 0 amide bonds. The van der Waals surface area contributed by atoms with Crippen LogP contribution in [0.1, 0.15) is 73.6 Å². The number of hydrogen-bond donors (Lipinski definition) is 0. The van der Waals surface area contributed by atoms with Gasteiger partial charge in [-0.2, -0.15) is 0 Å². The summed E-state index contributed by atoms with van der Waals surface area (Å²) in [5.41, 5.74) is 6.15. The van der Waals surface area contributed by atoms with Crippen LogP contribution >= 0.6 is 0 Å². The maximum Gasteiger partial charge on any atom is 0.151 e. The van der Waals surface area contributed by atoms with E-state index >= 15 is 0 Å². The van der Waals surface area contributed by atoms with Crippen molar-refractivity contribution in [3.63, 3.8) is 0 Å². The third-order valence-electron chi connectivity index (χ3n) is 5.69. The molecular formula is C24H39B. The molecule has 1 heterocycles. The summed E-state index contributed by atoms with van der Waals surface area (Å²) >= 11 is 0. The molecule has 0 saturated heterocycles. The van der Waals surface area contributed by atoms with E-state index in [0.717, 1.165) is 19.3 Å². The van der Waals surface area contributed by atoms with Crippen molar-refractivity contribution >= 4 is 7.28 Å². The van der Waals surface area contributed by atoms with Crippen LogP contribution in [-0.4, -0.2) is 7.28 Å². The molecule has 1 heteroatoms. The Kier molecular flexibility index (Phi) is 9.32. The van der Waals surface area contributed by atoms with Crippen LogP contribution in [0, 0.1) is 11.3 Å². The summed E-state index contributed by atoms with van der Waals surface area (Å²) in [7, 11) is 1.17. The van der Waals surface area contributed by atoms with Crippen LogP contribution in [-0.2, 0) is 0 Å². The van der Waals surface area contributed by atoms with Gasteiger partial charge in [-0.3, -0.25) is 0 Å². The molecule has 0 aromatic heterocycles. The van der Waals surface area contributed by atoms with Crippen LogP contribution in [0.5, 0.6) is 0 Å². The molecule has 0 aromatic carbocycles. The first-order chi connectivity index (χ1) is 11.8. The van der Waals surface area contributed by atoms with Crippen molar-refractivity contribution < 1.29 is 0 Å². The van der Waals surface area contributed by atoms with Gasteiger partial charge in [0.2, 0.25) is 0 Å². The zero-order chi connectivity index (χ0) is 18.9. The Balaban J connectivity index is 2.77. The molecule has 0 nitrogen and oxygen atoms in total. The molecule has 1 aliphatic heterocycles. The Labute approximate surface area is 158 Å². The first-order valence-corrected chi connectivity index (χ1v) is 10.1. The lowest BCUT2D eigenvalue weighted by Crippen LogP contribution is -2.18. The van der Waals surface area contributed by atoms with Crippen LogP contribution in [0.3, 0.4) is 0 Å². The maximum atomic E-state index is 4.43. The first-order valence-electron chi connectivity index (χ1n) is 10.1. The minimum absolute atomic E-state index is 0.299. The highest BCUT2D eigenvalue weighted by atomic mass is 14.3. The average Bonchev–Trinajstić information content (AvgIpc) is 2.63. The van der Waals surface area contributed by atoms with E-state index in [1.165, 1.54) is 43.2 Å².